The van der Waals surface area contributed by atoms with E-state index in [2.05, 4.69) is 26.1 Å². The molecule has 1 saturated carbocycles. The molecule has 19 heavy (non-hydrogen) atoms. The van der Waals surface area contributed by atoms with Crippen LogP contribution in [-0.4, -0.2) is 18.5 Å². The topological polar surface area (TPSA) is 55.1 Å². The van der Waals surface area contributed by atoms with Crippen LogP contribution in [0.3, 0.4) is 0 Å². The van der Waals surface area contributed by atoms with Crippen LogP contribution in [-0.2, 0) is 4.79 Å². The Morgan fingerprint density at radius 3 is 2.16 bits per heavy atom. The lowest BCUT2D eigenvalue weighted by Gasteiger charge is -2.33. The SMILES string of the molecule is CC(C)(C)C(CCN)NC(=O)C1CCCCCCC1. The fourth-order valence-electron chi connectivity index (χ4n) is 2.90. The molecule has 0 aromatic rings. The van der Waals surface area contributed by atoms with Gasteiger partial charge in [0.25, 0.3) is 0 Å². The van der Waals surface area contributed by atoms with Crippen molar-refractivity contribution in [2.24, 2.45) is 17.1 Å². The van der Waals surface area contributed by atoms with Crippen LogP contribution >= 0.6 is 0 Å². The van der Waals surface area contributed by atoms with E-state index in [0.717, 1.165) is 19.3 Å². The van der Waals surface area contributed by atoms with E-state index in [1.54, 1.807) is 0 Å². The average Bonchev–Trinajstić information content (AvgIpc) is 2.26. The molecule has 1 fully saturated rings. The zero-order chi connectivity index (χ0) is 14.3. The Kier molecular flexibility index (Phi) is 6.84. The molecule has 1 amide bonds. The Morgan fingerprint density at radius 2 is 1.68 bits per heavy atom. The van der Waals surface area contributed by atoms with Crippen LogP contribution in [0.2, 0.25) is 0 Å². The van der Waals surface area contributed by atoms with Crippen molar-refractivity contribution < 1.29 is 4.79 Å². The molecule has 0 aromatic carbocycles. The number of carbonyl (C=O) groups is 1. The third-order valence-corrected chi connectivity index (χ3v) is 4.29. The second kappa shape index (κ2) is 7.88. The highest BCUT2D eigenvalue weighted by Crippen LogP contribution is 2.25. The lowest BCUT2D eigenvalue weighted by Crippen LogP contribution is -2.47. The van der Waals surface area contributed by atoms with Gasteiger partial charge in [0.05, 0.1) is 0 Å². The molecule has 1 aliphatic carbocycles. The van der Waals surface area contributed by atoms with Crippen LogP contribution in [0.15, 0.2) is 0 Å². The minimum absolute atomic E-state index is 0.0800. The van der Waals surface area contributed by atoms with Crippen molar-refractivity contribution in [1.29, 1.82) is 0 Å². The van der Waals surface area contributed by atoms with Gasteiger partial charge in [-0.2, -0.15) is 0 Å². The highest BCUT2D eigenvalue weighted by atomic mass is 16.1. The molecule has 0 bridgehead atoms. The van der Waals surface area contributed by atoms with E-state index in [1.807, 2.05) is 0 Å². The van der Waals surface area contributed by atoms with Gasteiger partial charge in [0.15, 0.2) is 0 Å². The quantitative estimate of drug-likeness (QED) is 0.822. The molecule has 1 rings (SSSR count). The third kappa shape index (κ3) is 5.94. The predicted molar refractivity (Wildman–Crippen MR) is 80.9 cm³/mol. The maximum atomic E-state index is 12.4. The van der Waals surface area contributed by atoms with Crippen LogP contribution < -0.4 is 11.1 Å². The van der Waals surface area contributed by atoms with Gasteiger partial charge in [0.1, 0.15) is 0 Å². The molecule has 1 unspecified atom stereocenters. The second-order valence-electron chi connectivity index (χ2n) is 7.05. The van der Waals surface area contributed by atoms with E-state index in [4.69, 9.17) is 5.73 Å². The van der Waals surface area contributed by atoms with Crippen molar-refractivity contribution >= 4 is 5.91 Å². The highest BCUT2D eigenvalue weighted by molar-refractivity contribution is 5.79. The summed E-state index contributed by atoms with van der Waals surface area (Å²) >= 11 is 0. The van der Waals surface area contributed by atoms with Gasteiger partial charge in [-0.25, -0.2) is 0 Å². The highest BCUT2D eigenvalue weighted by Gasteiger charge is 2.28. The number of carbonyl (C=O) groups excluding carboxylic acids is 1. The Balaban J connectivity index is 2.54. The van der Waals surface area contributed by atoms with Gasteiger partial charge in [-0.05, 0) is 31.2 Å². The van der Waals surface area contributed by atoms with Crippen molar-refractivity contribution in [1.82, 2.24) is 5.32 Å². The zero-order valence-corrected chi connectivity index (χ0v) is 13.0. The first-order chi connectivity index (χ1) is 8.95. The van der Waals surface area contributed by atoms with Crippen LogP contribution in [0.1, 0.15) is 72.1 Å². The van der Waals surface area contributed by atoms with E-state index in [9.17, 15) is 4.79 Å². The van der Waals surface area contributed by atoms with Crippen molar-refractivity contribution in [2.45, 2.75) is 78.2 Å². The molecule has 0 spiro atoms. The Bertz CT molecular complexity index is 262. The summed E-state index contributed by atoms with van der Waals surface area (Å²) < 4.78 is 0. The van der Waals surface area contributed by atoms with Gasteiger partial charge in [-0.3, -0.25) is 4.79 Å². The van der Waals surface area contributed by atoms with Crippen molar-refractivity contribution in [3.63, 3.8) is 0 Å². The maximum absolute atomic E-state index is 12.4. The summed E-state index contributed by atoms with van der Waals surface area (Å²) in [6, 6.07) is 0.190. The summed E-state index contributed by atoms with van der Waals surface area (Å²) in [5.41, 5.74) is 5.75. The molecular formula is C16H32N2O. The molecule has 1 atom stereocenters. The van der Waals surface area contributed by atoms with Gasteiger partial charge in [0.2, 0.25) is 5.91 Å². The number of hydrogen-bond donors (Lipinski definition) is 2. The van der Waals surface area contributed by atoms with E-state index in [0.29, 0.717) is 6.54 Å². The Labute approximate surface area is 118 Å². The zero-order valence-electron chi connectivity index (χ0n) is 13.0. The number of nitrogens with two attached hydrogens (primary N) is 1. The first-order valence-corrected chi connectivity index (χ1v) is 7.95. The Hall–Kier alpha value is -0.570. The van der Waals surface area contributed by atoms with Crippen LogP contribution in [0.5, 0.6) is 0 Å². The van der Waals surface area contributed by atoms with Gasteiger partial charge in [-0.15, -0.1) is 0 Å². The standard InChI is InChI=1S/C16H32N2O/c1-16(2,3)14(11-12-17)18-15(19)13-9-7-5-4-6-8-10-13/h13-14H,4-12,17H2,1-3H3,(H,18,19). The third-order valence-electron chi connectivity index (χ3n) is 4.29. The molecule has 3 heteroatoms. The average molecular weight is 268 g/mol. The van der Waals surface area contributed by atoms with E-state index in [-0.39, 0.29) is 23.3 Å². The van der Waals surface area contributed by atoms with Crippen molar-refractivity contribution in [3.05, 3.63) is 0 Å². The van der Waals surface area contributed by atoms with Crippen LogP contribution in [0.25, 0.3) is 0 Å². The number of hydrogen-bond acceptors (Lipinski definition) is 2. The summed E-state index contributed by atoms with van der Waals surface area (Å²) in [4.78, 5) is 12.4. The molecule has 112 valence electrons. The van der Waals surface area contributed by atoms with E-state index >= 15 is 0 Å². The predicted octanol–water partition coefficient (Wildman–Crippen LogP) is 3.23. The monoisotopic (exact) mass is 268 g/mol. The minimum Gasteiger partial charge on any atom is -0.353 e. The van der Waals surface area contributed by atoms with Crippen molar-refractivity contribution in [2.75, 3.05) is 6.54 Å². The normalized spacial score (nSPS) is 20.4. The van der Waals surface area contributed by atoms with Crippen LogP contribution in [0.4, 0.5) is 0 Å². The van der Waals surface area contributed by atoms with Gasteiger partial charge in [-0.1, -0.05) is 52.9 Å². The van der Waals surface area contributed by atoms with Gasteiger partial charge >= 0.3 is 0 Å². The van der Waals surface area contributed by atoms with Crippen molar-refractivity contribution in [3.8, 4) is 0 Å². The summed E-state index contributed by atoms with van der Waals surface area (Å²) in [5.74, 6) is 0.484. The summed E-state index contributed by atoms with van der Waals surface area (Å²) in [7, 11) is 0. The maximum Gasteiger partial charge on any atom is 0.223 e. The lowest BCUT2D eigenvalue weighted by molar-refractivity contribution is -0.127. The lowest BCUT2D eigenvalue weighted by atomic mass is 9.83. The molecule has 3 N–H and O–H groups in total. The summed E-state index contributed by atoms with van der Waals surface area (Å²) in [6.45, 7) is 7.15. The summed E-state index contributed by atoms with van der Waals surface area (Å²) in [6.07, 6.45) is 9.31. The molecule has 0 radical (unpaired) electrons. The summed E-state index contributed by atoms with van der Waals surface area (Å²) in [5, 5.41) is 3.26. The molecule has 0 saturated heterocycles. The fraction of sp³-hybridized carbons (Fsp3) is 0.938. The largest absolute Gasteiger partial charge is 0.353 e. The van der Waals surface area contributed by atoms with E-state index < -0.39 is 0 Å². The fourth-order valence-corrected chi connectivity index (χ4v) is 2.90. The molecule has 3 nitrogen and oxygen atoms in total. The molecule has 0 aliphatic heterocycles. The molecule has 0 heterocycles. The van der Waals surface area contributed by atoms with Gasteiger partial charge in [0, 0.05) is 12.0 Å². The molecule has 1 aliphatic rings. The minimum atomic E-state index is 0.0800. The molecular weight excluding hydrogens is 236 g/mol. The van der Waals surface area contributed by atoms with Crippen LogP contribution in [0, 0.1) is 11.3 Å². The smallest absolute Gasteiger partial charge is 0.223 e. The first-order valence-electron chi connectivity index (χ1n) is 7.95. The number of rotatable bonds is 4. The second-order valence-corrected chi connectivity index (χ2v) is 7.05. The number of amides is 1. The van der Waals surface area contributed by atoms with Gasteiger partial charge < -0.3 is 11.1 Å². The first kappa shape index (κ1) is 16.5. The Morgan fingerprint density at radius 1 is 1.16 bits per heavy atom. The van der Waals surface area contributed by atoms with E-state index in [1.165, 1.54) is 32.1 Å². The molecule has 0 aromatic heterocycles. The number of nitrogens with one attached hydrogen (secondary N) is 1.